The van der Waals surface area contributed by atoms with Crippen molar-refractivity contribution in [2.24, 2.45) is 0 Å². The molecule has 0 aliphatic rings. The molecule has 0 fully saturated rings. The van der Waals surface area contributed by atoms with Crippen LogP contribution in [0.1, 0.15) is 22.8 Å². The van der Waals surface area contributed by atoms with Gasteiger partial charge in [0.25, 0.3) is 5.91 Å². The lowest BCUT2D eigenvalue weighted by molar-refractivity contribution is -0.139. The number of aromatic nitrogens is 1. The fourth-order valence-corrected chi connectivity index (χ4v) is 3.01. The Morgan fingerprint density at radius 2 is 1.96 bits per heavy atom. The summed E-state index contributed by atoms with van der Waals surface area (Å²) in [7, 11) is 0. The van der Waals surface area contributed by atoms with Gasteiger partial charge in [0.05, 0.1) is 22.9 Å². The summed E-state index contributed by atoms with van der Waals surface area (Å²) >= 11 is 1.07. The van der Waals surface area contributed by atoms with Crippen molar-refractivity contribution in [3.05, 3.63) is 57.9 Å². The maximum Gasteiger partial charge on any atom is 0.316 e. The van der Waals surface area contributed by atoms with Gasteiger partial charge in [-0.3, -0.25) is 14.4 Å². The molecule has 1 aromatic carbocycles. The van der Waals surface area contributed by atoms with E-state index in [0.29, 0.717) is 21.8 Å². The highest BCUT2D eigenvalue weighted by molar-refractivity contribution is 8.00. The lowest BCUT2D eigenvalue weighted by Crippen LogP contribution is -2.20. The molecule has 0 atom stereocenters. The highest BCUT2D eigenvalue weighted by Crippen LogP contribution is 2.23. The molecule has 0 saturated carbocycles. The molecule has 0 aliphatic carbocycles. The van der Waals surface area contributed by atoms with Crippen LogP contribution in [0.3, 0.4) is 0 Å². The summed E-state index contributed by atoms with van der Waals surface area (Å²) in [5.41, 5.74) is 1.20. The van der Waals surface area contributed by atoms with Crippen LogP contribution in [-0.2, 0) is 9.53 Å². The summed E-state index contributed by atoms with van der Waals surface area (Å²) in [5, 5.41) is 3.13. The van der Waals surface area contributed by atoms with Crippen molar-refractivity contribution in [2.75, 3.05) is 17.7 Å². The molecular formula is C17H18N2O4S. The van der Waals surface area contributed by atoms with E-state index in [2.05, 4.69) is 10.3 Å². The van der Waals surface area contributed by atoms with Gasteiger partial charge in [-0.25, -0.2) is 0 Å². The van der Waals surface area contributed by atoms with Gasteiger partial charge < -0.3 is 15.0 Å². The molecule has 7 heteroatoms. The smallest absolute Gasteiger partial charge is 0.316 e. The first kappa shape index (κ1) is 17.8. The summed E-state index contributed by atoms with van der Waals surface area (Å²) in [6.45, 7) is 3.69. The van der Waals surface area contributed by atoms with E-state index < -0.39 is 5.97 Å². The number of ether oxygens (including phenoxy) is 1. The van der Waals surface area contributed by atoms with Crippen molar-refractivity contribution in [3.63, 3.8) is 0 Å². The third kappa shape index (κ3) is 4.73. The zero-order chi connectivity index (χ0) is 17.5. The van der Waals surface area contributed by atoms with Crippen molar-refractivity contribution in [3.8, 4) is 0 Å². The molecule has 0 radical (unpaired) electrons. The van der Waals surface area contributed by atoms with Crippen molar-refractivity contribution < 1.29 is 14.3 Å². The first-order valence-corrected chi connectivity index (χ1v) is 8.38. The minimum Gasteiger partial charge on any atom is -0.465 e. The molecule has 2 N–H and O–H groups in total. The van der Waals surface area contributed by atoms with Gasteiger partial charge in [0.2, 0.25) is 5.56 Å². The average molecular weight is 346 g/mol. The normalized spacial score (nSPS) is 10.2. The Kier molecular flexibility index (Phi) is 6.20. The topological polar surface area (TPSA) is 88.3 Å². The third-order valence-electron chi connectivity index (χ3n) is 3.10. The number of amides is 1. The molecule has 1 heterocycles. The molecule has 0 unspecified atom stereocenters. The van der Waals surface area contributed by atoms with Crippen LogP contribution in [0.2, 0.25) is 0 Å². The Bertz CT molecular complexity index is 787. The molecule has 126 valence electrons. The van der Waals surface area contributed by atoms with Crippen LogP contribution in [-0.4, -0.2) is 29.2 Å². The maximum atomic E-state index is 12.6. The number of aryl methyl sites for hydroxylation is 1. The van der Waals surface area contributed by atoms with Crippen molar-refractivity contribution in [1.82, 2.24) is 4.98 Å². The number of anilines is 1. The highest BCUT2D eigenvalue weighted by atomic mass is 32.2. The fraction of sp³-hybridized carbons (Fsp3) is 0.235. The number of aromatic amines is 1. The predicted molar refractivity (Wildman–Crippen MR) is 93.6 cm³/mol. The summed E-state index contributed by atoms with van der Waals surface area (Å²) in [6.07, 6.45) is 0. The number of H-pyrrole nitrogens is 1. The second-order valence-corrected chi connectivity index (χ2v) is 5.92. The highest BCUT2D eigenvalue weighted by Gasteiger charge is 2.18. The number of thioether (sulfide) groups is 1. The Balaban J connectivity index is 2.25. The monoisotopic (exact) mass is 346 g/mol. The lowest BCUT2D eigenvalue weighted by Gasteiger charge is -2.12. The van der Waals surface area contributed by atoms with Gasteiger partial charge >= 0.3 is 5.97 Å². The second-order valence-electron chi connectivity index (χ2n) is 4.93. The predicted octanol–water partition coefficient (Wildman–Crippen LogP) is 2.59. The number of hydrogen-bond acceptors (Lipinski definition) is 5. The minimum absolute atomic E-state index is 0.0127. The number of nitrogens with one attached hydrogen (secondary N) is 2. The van der Waals surface area contributed by atoms with Gasteiger partial charge in [-0.1, -0.05) is 30.0 Å². The van der Waals surface area contributed by atoms with Crippen molar-refractivity contribution in [2.45, 2.75) is 18.9 Å². The van der Waals surface area contributed by atoms with E-state index in [1.165, 1.54) is 6.07 Å². The van der Waals surface area contributed by atoms with Gasteiger partial charge in [0.15, 0.2) is 0 Å². The SMILES string of the molecule is CCOC(=O)CSc1[nH]c(=O)cc(C)c1C(=O)Nc1ccccc1. The van der Waals surface area contributed by atoms with E-state index in [4.69, 9.17) is 4.74 Å². The molecule has 0 saturated heterocycles. The van der Waals surface area contributed by atoms with Crippen LogP contribution in [0.5, 0.6) is 0 Å². The van der Waals surface area contributed by atoms with E-state index in [9.17, 15) is 14.4 Å². The van der Waals surface area contributed by atoms with Crippen molar-refractivity contribution >= 4 is 29.3 Å². The molecule has 24 heavy (non-hydrogen) atoms. The quantitative estimate of drug-likeness (QED) is 0.620. The first-order valence-electron chi connectivity index (χ1n) is 7.40. The van der Waals surface area contributed by atoms with E-state index in [1.54, 1.807) is 26.0 Å². The summed E-state index contributed by atoms with van der Waals surface area (Å²) < 4.78 is 4.87. The molecule has 1 amide bonds. The van der Waals surface area contributed by atoms with Crippen LogP contribution in [0.4, 0.5) is 5.69 Å². The number of carbonyl (C=O) groups excluding carboxylic acids is 2. The minimum atomic E-state index is -0.403. The zero-order valence-electron chi connectivity index (χ0n) is 13.4. The maximum absolute atomic E-state index is 12.6. The summed E-state index contributed by atoms with van der Waals surface area (Å²) in [5.74, 6) is -0.737. The molecule has 0 aliphatic heterocycles. The largest absolute Gasteiger partial charge is 0.465 e. The lowest BCUT2D eigenvalue weighted by atomic mass is 10.1. The number of benzene rings is 1. The number of esters is 1. The standard InChI is InChI=1S/C17H18N2O4S/c1-3-23-14(21)10-24-17-15(11(2)9-13(20)19-17)16(22)18-12-7-5-4-6-8-12/h4-9H,3,10H2,1-2H3,(H,18,22)(H,19,20). The van der Waals surface area contributed by atoms with E-state index in [1.807, 2.05) is 18.2 Å². The number of hydrogen-bond donors (Lipinski definition) is 2. The number of para-hydroxylation sites is 1. The second kappa shape index (κ2) is 8.35. The number of pyridine rings is 1. The Morgan fingerprint density at radius 1 is 1.25 bits per heavy atom. The van der Waals surface area contributed by atoms with Gasteiger partial charge in [-0.2, -0.15) is 0 Å². The van der Waals surface area contributed by atoms with Crippen LogP contribution < -0.4 is 10.9 Å². The fourth-order valence-electron chi connectivity index (χ4n) is 2.10. The Labute approximate surface area is 143 Å². The molecular weight excluding hydrogens is 328 g/mol. The molecule has 1 aromatic heterocycles. The van der Waals surface area contributed by atoms with E-state index in [-0.39, 0.29) is 23.8 Å². The van der Waals surface area contributed by atoms with Gasteiger partial charge in [-0.05, 0) is 31.5 Å². The molecule has 2 rings (SSSR count). The van der Waals surface area contributed by atoms with Gasteiger partial charge in [0, 0.05) is 11.8 Å². The number of carbonyl (C=O) groups is 2. The summed E-state index contributed by atoms with van der Waals surface area (Å²) in [4.78, 5) is 38.4. The van der Waals surface area contributed by atoms with Crippen LogP contribution in [0.15, 0.2) is 46.2 Å². The van der Waals surface area contributed by atoms with E-state index >= 15 is 0 Å². The summed E-state index contributed by atoms with van der Waals surface area (Å²) in [6, 6.07) is 10.4. The average Bonchev–Trinajstić information content (AvgIpc) is 2.53. The zero-order valence-corrected chi connectivity index (χ0v) is 14.2. The Hall–Kier alpha value is -2.54. The van der Waals surface area contributed by atoms with Crippen LogP contribution in [0, 0.1) is 6.92 Å². The molecule has 0 bridgehead atoms. The Morgan fingerprint density at radius 3 is 2.62 bits per heavy atom. The third-order valence-corrected chi connectivity index (χ3v) is 4.08. The van der Waals surface area contributed by atoms with Crippen LogP contribution in [0.25, 0.3) is 0 Å². The van der Waals surface area contributed by atoms with Crippen LogP contribution >= 0.6 is 11.8 Å². The molecule has 6 nitrogen and oxygen atoms in total. The van der Waals surface area contributed by atoms with Crippen molar-refractivity contribution in [1.29, 1.82) is 0 Å². The van der Waals surface area contributed by atoms with E-state index in [0.717, 1.165) is 11.8 Å². The van der Waals surface area contributed by atoms with Gasteiger partial charge in [0.1, 0.15) is 0 Å². The first-order chi connectivity index (χ1) is 11.5. The number of rotatable bonds is 6. The van der Waals surface area contributed by atoms with Gasteiger partial charge in [-0.15, -0.1) is 0 Å². The molecule has 0 spiro atoms. The molecule has 2 aromatic rings.